The van der Waals surface area contributed by atoms with Gasteiger partial charge in [-0.15, -0.1) is 0 Å². The number of nitrogens with zero attached hydrogens (tertiary/aromatic N) is 1. The summed E-state index contributed by atoms with van der Waals surface area (Å²) in [5.41, 5.74) is 0. The second-order valence-corrected chi connectivity index (χ2v) is 6.13. The summed E-state index contributed by atoms with van der Waals surface area (Å²) in [4.78, 5) is 23.1. The lowest BCUT2D eigenvalue weighted by Gasteiger charge is -2.33. The number of nitrogens with one attached hydrogen (secondary N) is 3. The molecule has 1 unspecified atom stereocenters. The van der Waals surface area contributed by atoms with E-state index in [-0.39, 0.29) is 13.1 Å². The van der Waals surface area contributed by atoms with Crippen LogP contribution in [0, 0.1) is 0 Å². The number of likely N-dealkylation sites (N-methyl/N-ethyl adjacent to an activating group) is 1. The molecule has 10 heteroatoms. The predicted molar refractivity (Wildman–Crippen MR) is 71.1 cm³/mol. The molecule has 0 saturated carbocycles. The van der Waals surface area contributed by atoms with E-state index in [1.807, 2.05) is 0 Å². The van der Waals surface area contributed by atoms with Crippen molar-refractivity contribution < 1.29 is 22.7 Å². The van der Waals surface area contributed by atoms with Crippen molar-refractivity contribution in [2.45, 2.75) is 26.0 Å². The van der Waals surface area contributed by atoms with Crippen molar-refractivity contribution in [1.82, 2.24) is 19.7 Å². The molecule has 0 radical (unpaired) electrons. The van der Waals surface area contributed by atoms with Gasteiger partial charge in [-0.1, -0.05) is 0 Å². The Hall–Kier alpha value is -1.39. The van der Waals surface area contributed by atoms with E-state index in [9.17, 15) is 18.0 Å². The smallest absolute Gasteiger partial charge is 0.422 e. The Labute approximate surface area is 118 Å². The van der Waals surface area contributed by atoms with E-state index in [0.29, 0.717) is 6.54 Å². The van der Waals surface area contributed by atoms with E-state index in [1.165, 1.54) is 7.05 Å². The first kappa shape index (κ1) is 16.7. The molecule has 1 aliphatic rings. The van der Waals surface area contributed by atoms with Gasteiger partial charge in [-0.05, 0) is 13.8 Å². The van der Waals surface area contributed by atoms with Crippen molar-refractivity contribution in [1.29, 1.82) is 0 Å². The van der Waals surface area contributed by atoms with Crippen LogP contribution in [0.5, 0.6) is 0 Å². The molecule has 1 aliphatic heterocycles. The van der Waals surface area contributed by atoms with Gasteiger partial charge in [-0.25, -0.2) is 9.52 Å². The average Bonchev–Trinajstić information content (AvgIpc) is 2.36. The van der Waals surface area contributed by atoms with E-state index in [1.54, 1.807) is 18.6 Å². The Balaban J connectivity index is 2.82. The van der Waals surface area contributed by atoms with Crippen LogP contribution in [-0.2, 0) is 19.7 Å². The van der Waals surface area contributed by atoms with Gasteiger partial charge < -0.3 is 15.4 Å². The van der Waals surface area contributed by atoms with Gasteiger partial charge in [0.2, 0.25) is 5.91 Å². The number of carbonyl (C=O) groups excluding carboxylic acids is 2. The van der Waals surface area contributed by atoms with Gasteiger partial charge in [0.25, 0.3) is 0 Å². The molecule has 116 valence electrons. The Morgan fingerprint density at radius 2 is 2.05 bits per heavy atom. The maximum absolute atomic E-state index is 12.1. The Kier molecular flexibility index (Phi) is 5.72. The molecular formula is C10H20N4O5S. The zero-order chi connectivity index (χ0) is 15.3. The van der Waals surface area contributed by atoms with Crippen LogP contribution in [0.1, 0.15) is 13.8 Å². The minimum Gasteiger partial charge on any atom is -0.446 e. The molecule has 1 rings (SSSR count). The van der Waals surface area contributed by atoms with Crippen LogP contribution in [0.15, 0.2) is 0 Å². The highest BCUT2D eigenvalue weighted by Gasteiger charge is 2.37. The molecule has 0 aliphatic carbocycles. The first-order valence-electron chi connectivity index (χ1n) is 6.20. The van der Waals surface area contributed by atoms with Gasteiger partial charge in [-0.3, -0.25) is 4.79 Å². The third-order valence-corrected chi connectivity index (χ3v) is 4.09. The number of amides is 2. The van der Waals surface area contributed by atoms with Crippen LogP contribution in [0.3, 0.4) is 0 Å². The van der Waals surface area contributed by atoms with Gasteiger partial charge in [0.05, 0.1) is 6.10 Å². The molecule has 20 heavy (non-hydrogen) atoms. The molecule has 0 bridgehead atoms. The zero-order valence-corrected chi connectivity index (χ0v) is 12.5. The number of hydrogen-bond acceptors (Lipinski definition) is 6. The van der Waals surface area contributed by atoms with Gasteiger partial charge in [0.1, 0.15) is 6.04 Å². The maximum Gasteiger partial charge on any atom is 0.422 e. The fraction of sp³-hybridized carbons (Fsp3) is 0.800. The van der Waals surface area contributed by atoms with Crippen LogP contribution >= 0.6 is 0 Å². The summed E-state index contributed by atoms with van der Waals surface area (Å²) in [6.45, 7) is 3.87. The van der Waals surface area contributed by atoms with Crippen LogP contribution in [0.25, 0.3) is 0 Å². The van der Waals surface area contributed by atoms with Gasteiger partial charge in [0.15, 0.2) is 0 Å². The monoisotopic (exact) mass is 308 g/mol. The maximum atomic E-state index is 12.1. The van der Waals surface area contributed by atoms with E-state index < -0.39 is 34.4 Å². The van der Waals surface area contributed by atoms with Crippen molar-refractivity contribution in [3.8, 4) is 0 Å². The standard InChI is InChI=1S/C10H20N4O5S/c1-7(2)19-10(16)13-20(17,18)14-5-4-12-6-8(14)9(15)11-3/h7-8,12H,4-6H2,1-3H3,(H,11,15)(H,13,16). The van der Waals surface area contributed by atoms with Crippen molar-refractivity contribution in [2.75, 3.05) is 26.7 Å². The molecule has 1 heterocycles. The Bertz CT molecular complexity index is 464. The largest absolute Gasteiger partial charge is 0.446 e. The molecular weight excluding hydrogens is 288 g/mol. The lowest BCUT2D eigenvalue weighted by molar-refractivity contribution is -0.124. The predicted octanol–water partition coefficient (Wildman–Crippen LogP) is -1.61. The van der Waals surface area contributed by atoms with Gasteiger partial charge >= 0.3 is 16.3 Å². The highest BCUT2D eigenvalue weighted by Crippen LogP contribution is 2.09. The summed E-state index contributed by atoms with van der Waals surface area (Å²) in [7, 11) is -2.71. The fourth-order valence-corrected chi connectivity index (χ4v) is 2.98. The lowest BCUT2D eigenvalue weighted by Crippen LogP contribution is -2.61. The van der Waals surface area contributed by atoms with Crippen molar-refractivity contribution in [3.63, 3.8) is 0 Å². The number of hydrogen-bond donors (Lipinski definition) is 3. The van der Waals surface area contributed by atoms with Crippen molar-refractivity contribution in [3.05, 3.63) is 0 Å². The number of piperazine rings is 1. The van der Waals surface area contributed by atoms with E-state index in [2.05, 4.69) is 10.6 Å². The second kappa shape index (κ2) is 6.86. The molecule has 0 spiro atoms. The first-order valence-corrected chi connectivity index (χ1v) is 7.64. The van der Waals surface area contributed by atoms with Crippen molar-refractivity contribution >= 4 is 22.2 Å². The molecule has 1 fully saturated rings. The quantitative estimate of drug-likeness (QED) is 0.575. The average molecular weight is 308 g/mol. The summed E-state index contributed by atoms with van der Waals surface area (Å²) in [6.07, 6.45) is -1.50. The van der Waals surface area contributed by atoms with Crippen LogP contribution < -0.4 is 15.4 Å². The van der Waals surface area contributed by atoms with Gasteiger partial charge in [-0.2, -0.15) is 12.7 Å². The normalized spacial score (nSPS) is 20.5. The first-order chi connectivity index (χ1) is 9.27. The third-order valence-electron chi connectivity index (χ3n) is 2.61. The van der Waals surface area contributed by atoms with Gasteiger partial charge in [0, 0.05) is 26.7 Å². The Morgan fingerprint density at radius 1 is 1.40 bits per heavy atom. The van der Waals surface area contributed by atoms with Crippen LogP contribution in [-0.4, -0.2) is 63.6 Å². The highest BCUT2D eigenvalue weighted by atomic mass is 32.2. The summed E-state index contributed by atoms with van der Waals surface area (Å²) in [6, 6.07) is -0.905. The molecule has 0 aromatic rings. The molecule has 2 amide bonds. The highest BCUT2D eigenvalue weighted by molar-refractivity contribution is 7.87. The van der Waals surface area contributed by atoms with E-state index >= 15 is 0 Å². The zero-order valence-electron chi connectivity index (χ0n) is 11.7. The lowest BCUT2D eigenvalue weighted by atomic mass is 10.2. The molecule has 0 aromatic carbocycles. The SMILES string of the molecule is CNC(=O)C1CNCCN1S(=O)(=O)NC(=O)OC(C)C. The molecule has 1 saturated heterocycles. The Morgan fingerprint density at radius 3 is 2.60 bits per heavy atom. The number of ether oxygens (including phenoxy) is 1. The molecule has 3 N–H and O–H groups in total. The fourth-order valence-electron chi connectivity index (χ4n) is 1.77. The minimum atomic E-state index is -4.12. The summed E-state index contributed by atoms with van der Waals surface area (Å²) >= 11 is 0. The topological polar surface area (TPSA) is 117 Å². The van der Waals surface area contributed by atoms with Crippen LogP contribution in [0.4, 0.5) is 4.79 Å². The minimum absolute atomic E-state index is 0.0857. The van der Waals surface area contributed by atoms with Crippen LogP contribution in [0.2, 0.25) is 0 Å². The number of carbonyl (C=O) groups is 2. The summed E-state index contributed by atoms with van der Waals surface area (Å²) in [5.74, 6) is -0.445. The summed E-state index contributed by atoms with van der Waals surface area (Å²) < 4.78 is 31.7. The molecule has 0 aromatic heterocycles. The van der Waals surface area contributed by atoms with E-state index in [4.69, 9.17) is 4.74 Å². The third kappa shape index (κ3) is 4.32. The number of rotatable bonds is 4. The summed E-state index contributed by atoms with van der Waals surface area (Å²) in [5, 5.41) is 5.32. The molecule has 1 atom stereocenters. The van der Waals surface area contributed by atoms with E-state index in [0.717, 1.165) is 4.31 Å². The molecule has 9 nitrogen and oxygen atoms in total. The second-order valence-electron chi connectivity index (χ2n) is 4.51. The van der Waals surface area contributed by atoms with Crippen molar-refractivity contribution in [2.24, 2.45) is 0 Å².